The van der Waals surface area contributed by atoms with Crippen molar-refractivity contribution in [1.82, 2.24) is 10.6 Å². The lowest BCUT2D eigenvalue weighted by atomic mass is 10.1. The molecular formula is C19H24FN3O2. The second-order valence-corrected chi connectivity index (χ2v) is 5.51. The average molecular weight is 345 g/mol. The van der Waals surface area contributed by atoms with Gasteiger partial charge in [-0.2, -0.15) is 0 Å². The Labute approximate surface area is 147 Å². The molecule has 0 fully saturated rings. The number of benzene rings is 2. The number of rotatable bonds is 7. The molecule has 0 radical (unpaired) electrons. The Hall–Kier alpha value is -2.76. The van der Waals surface area contributed by atoms with Crippen LogP contribution in [0.5, 0.6) is 11.5 Å². The first-order valence-electron chi connectivity index (χ1n) is 8.25. The summed E-state index contributed by atoms with van der Waals surface area (Å²) in [6.45, 7) is 3.77. The van der Waals surface area contributed by atoms with Crippen LogP contribution in [0.1, 0.15) is 18.1 Å². The molecule has 0 unspecified atom stereocenters. The summed E-state index contributed by atoms with van der Waals surface area (Å²) >= 11 is 0. The minimum atomic E-state index is -0.634. The van der Waals surface area contributed by atoms with Crippen LogP contribution in [0.4, 0.5) is 4.39 Å². The predicted octanol–water partition coefficient (Wildman–Crippen LogP) is 2.84. The van der Waals surface area contributed by atoms with Gasteiger partial charge in [-0.05, 0) is 48.7 Å². The maximum atomic E-state index is 13.4. The first kappa shape index (κ1) is 18.6. The fourth-order valence-electron chi connectivity index (χ4n) is 2.28. The normalized spacial score (nSPS) is 11.2. The second kappa shape index (κ2) is 9.52. The van der Waals surface area contributed by atoms with Crippen LogP contribution in [0.15, 0.2) is 47.5 Å². The van der Waals surface area contributed by atoms with E-state index in [-0.39, 0.29) is 5.75 Å². The Kier molecular flexibility index (Phi) is 7.07. The summed E-state index contributed by atoms with van der Waals surface area (Å²) in [6.07, 6.45) is 0.849. The third-order valence-electron chi connectivity index (χ3n) is 3.64. The number of hydrogen-bond acceptors (Lipinski definition) is 3. The molecule has 0 aliphatic carbocycles. The van der Waals surface area contributed by atoms with Crippen LogP contribution in [0.2, 0.25) is 0 Å². The maximum Gasteiger partial charge on any atom is 0.191 e. The van der Waals surface area contributed by atoms with Crippen molar-refractivity contribution in [3.8, 4) is 11.5 Å². The van der Waals surface area contributed by atoms with Crippen LogP contribution >= 0.6 is 0 Å². The second-order valence-electron chi connectivity index (χ2n) is 5.51. The Morgan fingerprint density at radius 3 is 2.48 bits per heavy atom. The molecule has 25 heavy (non-hydrogen) atoms. The van der Waals surface area contributed by atoms with Gasteiger partial charge in [0.05, 0.1) is 13.7 Å². The van der Waals surface area contributed by atoms with E-state index in [9.17, 15) is 9.50 Å². The SMILES string of the molecule is CCNC(=NCc1ccc(O)c(F)c1)NCCc1ccc(OC)cc1. The maximum absolute atomic E-state index is 13.4. The van der Waals surface area contributed by atoms with Gasteiger partial charge in [-0.15, -0.1) is 0 Å². The van der Waals surface area contributed by atoms with Crippen molar-refractivity contribution in [2.45, 2.75) is 19.9 Å². The predicted molar refractivity (Wildman–Crippen MR) is 97.6 cm³/mol. The molecule has 3 N–H and O–H groups in total. The summed E-state index contributed by atoms with van der Waals surface area (Å²) in [4.78, 5) is 4.44. The minimum Gasteiger partial charge on any atom is -0.505 e. The van der Waals surface area contributed by atoms with Gasteiger partial charge in [-0.3, -0.25) is 0 Å². The molecule has 0 aliphatic rings. The average Bonchev–Trinajstić information content (AvgIpc) is 2.63. The Morgan fingerprint density at radius 1 is 1.12 bits per heavy atom. The molecule has 134 valence electrons. The quantitative estimate of drug-likeness (QED) is 0.533. The van der Waals surface area contributed by atoms with Crippen molar-refractivity contribution < 1.29 is 14.2 Å². The molecule has 6 heteroatoms. The summed E-state index contributed by atoms with van der Waals surface area (Å²) < 4.78 is 18.5. The van der Waals surface area contributed by atoms with Crippen molar-refractivity contribution >= 4 is 5.96 Å². The molecule has 0 amide bonds. The largest absolute Gasteiger partial charge is 0.505 e. The van der Waals surface area contributed by atoms with Gasteiger partial charge < -0.3 is 20.5 Å². The summed E-state index contributed by atoms with van der Waals surface area (Å²) in [5.41, 5.74) is 1.90. The lowest BCUT2D eigenvalue weighted by molar-refractivity contribution is 0.414. The summed E-state index contributed by atoms with van der Waals surface area (Å²) in [5, 5.41) is 15.6. The van der Waals surface area contributed by atoms with Crippen LogP contribution in [-0.2, 0) is 13.0 Å². The number of ether oxygens (including phenoxy) is 1. The molecule has 0 aliphatic heterocycles. The first-order chi connectivity index (χ1) is 12.1. The smallest absolute Gasteiger partial charge is 0.191 e. The molecule has 0 bridgehead atoms. The third-order valence-corrected chi connectivity index (χ3v) is 3.64. The summed E-state index contributed by atoms with van der Waals surface area (Å²) in [6, 6.07) is 12.2. The number of aliphatic imine (C=N–C) groups is 1. The number of nitrogens with one attached hydrogen (secondary N) is 2. The van der Waals surface area contributed by atoms with Crippen molar-refractivity contribution in [3.63, 3.8) is 0 Å². The van der Waals surface area contributed by atoms with Crippen LogP contribution < -0.4 is 15.4 Å². The van der Waals surface area contributed by atoms with Gasteiger partial charge in [0.25, 0.3) is 0 Å². The number of aromatic hydroxyl groups is 1. The zero-order valence-electron chi connectivity index (χ0n) is 14.6. The topological polar surface area (TPSA) is 65.9 Å². The fraction of sp³-hybridized carbons (Fsp3) is 0.316. The first-order valence-corrected chi connectivity index (χ1v) is 8.25. The third kappa shape index (κ3) is 5.99. The van der Waals surface area contributed by atoms with Crippen LogP contribution in [0.3, 0.4) is 0 Å². The van der Waals surface area contributed by atoms with E-state index in [1.807, 2.05) is 31.2 Å². The van der Waals surface area contributed by atoms with Crippen molar-refractivity contribution in [3.05, 3.63) is 59.4 Å². The van der Waals surface area contributed by atoms with Crippen molar-refractivity contribution in [1.29, 1.82) is 0 Å². The highest BCUT2D eigenvalue weighted by atomic mass is 19.1. The van der Waals surface area contributed by atoms with E-state index in [0.717, 1.165) is 25.3 Å². The van der Waals surface area contributed by atoms with Gasteiger partial charge in [0.2, 0.25) is 0 Å². The molecule has 2 aromatic rings. The monoisotopic (exact) mass is 345 g/mol. The summed E-state index contributed by atoms with van der Waals surface area (Å²) in [5.74, 6) is 0.527. The highest BCUT2D eigenvalue weighted by Gasteiger charge is 2.02. The van der Waals surface area contributed by atoms with E-state index < -0.39 is 5.82 Å². The standard InChI is InChI=1S/C19H24FN3O2/c1-3-21-19(23-13-15-6-9-18(24)17(20)12-15)22-11-10-14-4-7-16(25-2)8-5-14/h4-9,12,24H,3,10-11,13H2,1-2H3,(H2,21,22,23). The van der Waals surface area contributed by atoms with Gasteiger partial charge in [-0.1, -0.05) is 18.2 Å². The highest BCUT2D eigenvalue weighted by molar-refractivity contribution is 5.79. The van der Waals surface area contributed by atoms with E-state index in [1.54, 1.807) is 13.2 Å². The molecule has 2 aromatic carbocycles. The van der Waals surface area contributed by atoms with Crippen LogP contribution in [0, 0.1) is 5.82 Å². The number of halogens is 1. The van der Waals surface area contributed by atoms with Gasteiger partial charge in [0.15, 0.2) is 17.5 Å². The number of nitrogens with zero attached hydrogens (tertiary/aromatic N) is 1. The molecule has 0 heterocycles. The Balaban J connectivity index is 1.89. The lowest BCUT2D eigenvalue weighted by Gasteiger charge is -2.11. The Bertz CT molecular complexity index is 702. The molecule has 2 rings (SSSR count). The minimum absolute atomic E-state index is 0.328. The van der Waals surface area contributed by atoms with Crippen molar-refractivity contribution in [2.75, 3.05) is 20.2 Å². The van der Waals surface area contributed by atoms with Gasteiger partial charge >= 0.3 is 0 Å². The molecule has 0 spiro atoms. The van der Waals surface area contributed by atoms with E-state index in [1.165, 1.54) is 17.7 Å². The van der Waals surface area contributed by atoms with Gasteiger partial charge in [0, 0.05) is 13.1 Å². The molecule has 5 nitrogen and oxygen atoms in total. The van der Waals surface area contributed by atoms with E-state index in [4.69, 9.17) is 4.74 Å². The number of phenolic OH excluding ortho intramolecular Hbond substituents is 1. The van der Waals surface area contributed by atoms with E-state index in [2.05, 4.69) is 15.6 Å². The molecule has 0 saturated carbocycles. The van der Waals surface area contributed by atoms with Crippen LogP contribution in [0.25, 0.3) is 0 Å². The van der Waals surface area contributed by atoms with E-state index >= 15 is 0 Å². The molecular weight excluding hydrogens is 321 g/mol. The van der Waals surface area contributed by atoms with Crippen LogP contribution in [-0.4, -0.2) is 31.3 Å². The number of guanidine groups is 1. The molecule has 0 aromatic heterocycles. The zero-order valence-corrected chi connectivity index (χ0v) is 14.6. The zero-order chi connectivity index (χ0) is 18.1. The number of phenols is 1. The van der Waals surface area contributed by atoms with Gasteiger partial charge in [-0.25, -0.2) is 9.38 Å². The lowest BCUT2D eigenvalue weighted by Crippen LogP contribution is -2.38. The van der Waals surface area contributed by atoms with E-state index in [0.29, 0.717) is 18.1 Å². The summed E-state index contributed by atoms with van der Waals surface area (Å²) in [7, 11) is 1.65. The van der Waals surface area contributed by atoms with Gasteiger partial charge in [0.1, 0.15) is 5.75 Å². The molecule has 0 atom stereocenters. The molecule has 0 saturated heterocycles. The Morgan fingerprint density at radius 2 is 1.84 bits per heavy atom. The fourth-order valence-corrected chi connectivity index (χ4v) is 2.28. The number of hydrogen-bond donors (Lipinski definition) is 3. The highest BCUT2D eigenvalue weighted by Crippen LogP contribution is 2.16. The van der Waals surface area contributed by atoms with Crippen molar-refractivity contribution in [2.24, 2.45) is 4.99 Å². The number of methoxy groups -OCH3 is 1.